The van der Waals surface area contributed by atoms with Gasteiger partial charge in [-0.3, -0.25) is 4.84 Å². The van der Waals surface area contributed by atoms with Crippen LogP contribution in [-0.2, 0) is 17.9 Å². The number of hydrogen-bond donors (Lipinski definition) is 1. The van der Waals surface area contributed by atoms with Gasteiger partial charge < -0.3 is 0 Å². The Balaban J connectivity index is 1.73. The number of rotatable bonds is 6. The van der Waals surface area contributed by atoms with Crippen molar-refractivity contribution in [1.29, 1.82) is 0 Å². The number of aryl methyl sites for hydroxylation is 1. The van der Waals surface area contributed by atoms with E-state index in [0.717, 1.165) is 18.8 Å². The Morgan fingerprint density at radius 3 is 3.06 bits per heavy atom. The molecule has 0 atom stereocenters. The van der Waals surface area contributed by atoms with E-state index in [0.29, 0.717) is 12.6 Å². The zero-order valence-corrected chi connectivity index (χ0v) is 9.85. The summed E-state index contributed by atoms with van der Waals surface area (Å²) in [5.41, 5.74) is 3.01. The van der Waals surface area contributed by atoms with Crippen molar-refractivity contribution in [3.05, 3.63) is 12.2 Å². The number of hydroxylamine groups is 1. The van der Waals surface area contributed by atoms with E-state index in [1.807, 2.05) is 4.68 Å². The Kier molecular flexibility index (Phi) is 4.30. The van der Waals surface area contributed by atoms with Crippen molar-refractivity contribution in [2.45, 2.75) is 58.2 Å². The highest BCUT2D eigenvalue weighted by atomic mass is 16.7. The van der Waals surface area contributed by atoms with Gasteiger partial charge in [0, 0.05) is 6.54 Å². The van der Waals surface area contributed by atoms with E-state index in [9.17, 15) is 0 Å². The number of aromatic nitrogens is 3. The molecule has 0 unspecified atom stereocenters. The summed E-state index contributed by atoms with van der Waals surface area (Å²) < 4.78 is 1.92. The smallest absolute Gasteiger partial charge is 0.143 e. The lowest BCUT2D eigenvalue weighted by molar-refractivity contribution is -0.0259. The highest BCUT2D eigenvalue weighted by Crippen LogP contribution is 2.19. The first-order chi connectivity index (χ1) is 7.90. The van der Waals surface area contributed by atoms with Gasteiger partial charge in [-0.15, -0.1) is 0 Å². The van der Waals surface area contributed by atoms with E-state index in [-0.39, 0.29) is 0 Å². The highest BCUT2D eigenvalue weighted by molar-refractivity contribution is 4.82. The zero-order valence-electron chi connectivity index (χ0n) is 9.85. The third-order valence-corrected chi connectivity index (χ3v) is 2.91. The van der Waals surface area contributed by atoms with Gasteiger partial charge in [-0.05, 0) is 19.3 Å². The van der Waals surface area contributed by atoms with Crippen LogP contribution in [0.15, 0.2) is 6.33 Å². The van der Waals surface area contributed by atoms with E-state index in [2.05, 4.69) is 22.5 Å². The van der Waals surface area contributed by atoms with Crippen LogP contribution in [-0.4, -0.2) is 20.9 Å². The van der Waals surface area contributed by atoms with Crippen molar-refractivity contribution in [2.75, 3.05) is 0 Å². The first-order valence-electron chi connectivity index (χ1n) is 6.15. The summed E-state index contributed by atoms with van der Waals surface area (Å²) in [6, 6.07) is 0. The van der Waals surface area contributed by atoms with Gasteiger partial charge in [0.25, 0.3) is 0 Å². The molecule has 0 radical (unpaired) electrons. The van der Waals surface area contributed by atoms with E-state index in [1.165, 1.54) is 25.7 Å². The van der Waals surface area contributed by atoms with Crippen LogP contribution < -0.4 is 5.48 Å². The highest BCUT2D eigenvalue weighted by Gasteiger charge is 2.15. The minimum atomic E-state index is 0.391. The summed E-state index contributed by atoms with van der Waals surface area (Å²) in [6.07, 6.45) is 7.99. The van der Waals surface area contributed by atoms with E-state index in [1.54, 1.807) is 6.33 Å². The molecular formula is C11H20N4O. The normalized spacial score (nSPS) is 17.1. The van der Waals surface area contributed by atoms with Crippen molar-refractivity contribution >= 4 is 0 Å². The van der Waals surface area contributed by atoms with E-state index in [4.69, 9.17) is 4.84 Å². The van der Waals surface area contributed by atoms with Crippen molar-refractivity contribution in [3.8, 4) is 0 Å². The Hall–Kier alpha value is -0.940. The van der Waals surface area contributed by atoms with Gasteiger partial charge in [-0.25, -0.2) is 9.67 Å². The maximum absolute atomic E-state index is 5.58. The second-order valence-electron chi connectivity index (χ2n) is 4.24. The fourth-order valence-electron chi connectivity index (χ4n) is 2.05. The van der Waals surface area contributed by atoms with Crippen LogP contribution in [0.3, 0.4) is 0 Å². The fraction of sp³-hybridized carbons (Fsp3) is 0.818. The minimum Gasteiger partial charge on any atom is -0.298 e. The third kappa shape index (κ3) is 3.02. The molecule has 16 heavy (non-hydrogen) atoms. The van der Waals surface area contributed by atoms with Gasteiger partial charge in [0.2, 0.25) is 0 Å². The molecular weight excluding hydrogens is 204 g/mol. The van der Waals surface area contributed by atoms with Gasteiger partial charge in [-0.1, -0.05) is 19.8 Å². The largest absolute Gasteiger partial charge is 0.298 e. The van der Waals surface area contributed by atoms with E-state index >= 15 is 0 Å². The third-order valence-electron chi connectivity index (χ3n) is 2.91. The average Bonchev–Trinajstić information content (AvgIpc) is 2.91. The predicted molar refractivity (Wildman–Crippen MR) is 60.5 cm³/mol. The summed E-state index contributed by atoms with van der Waals surface area (Å²) in [5.74, 6) is 0.944. The lowest BCUT2D eigenvalue weighted by atomic mass is 10.3. The SMILES string of the molecule is CCCn1ncnc1CNOC1CCCC1. The van der Waals surface area contributed by atoms with Crippen molar-refractivity contribution < 1.29 is 4.84 Å². The molecule has 0 aromatic carbocycles. The molecule has 2 rings (SSSR count). The monoisotopic (exact) mass is 224 g/mol. The maximum atomic E-state index is 5.58. The molecule has 1 heterocycles. The van der Waals surface area contributed by atoms with Gasteiger partial charge in [0.1, 0.15) is 12.2 Å². The summed E-state index contributed by atoms with van der Waals surface area (Å²) in [6.45, 7) is 3.69. The van der Waals surface area contributed by atoms with E-state index < -0.39 is 0 Å². The summed E-state index contributed by atoms with van der Waals surface area (Å²) >= 11 is 0. The van der Waals surface area contributed by atoms with Gasteiger partial charge >= 0.3 is 0 Å². The molecule has 0 bridgehead atoms. The van der Waals surface area contributed by atoms with Gasteiger partial charge in [0.05, 0.1) is 12.6 Å². The standard InChI is InChI=1S/C11H20N4O/c1-2-7-15-11(12-9-13-15)8-14-16-10-5-3-4-6-10/h9-10,14H,2-8H2,1H3. The Bertz CT molecular complexity index is 307. The zero-order chi connectivity index (χ0) is 11.2. The number of nitrogens with zero attached hydrogens (tertiary/aromatic N) is 3. The molecule has 0 saturated heterocycles. The predicted octanol–water partition coefficient (Wildman–Crippen LogP) is 1.65. The molecule has 0 amide bonds. The molecule has 1 aliphatic carbocycles. The van der Waals surface area contributed by atoms with Gasteiger partial charge in [-0.2, -0.15) is 10.6 Å². The lowest BCUT2D eigenvalue weighted by Gasteiger charge is -2.11. The molecule has 5 nitrogen and oxygen atoms in total. The molecule has 1 aromatic rings. The molecule has 90 valence electrons. The van der Waals surface area contributed by atoms with Gasteiger partial charge in [0.15, 0.2) is 0 Å². The Morgan fingerprint density at radius 1 is 1.50 bits per heavy atom. The van der Waals surface area contributed by atoms with Crippen molar-refractivity contribution in [1.82, 2.24) is 20.2 Å². The molecule has 0 aliphatic heterocycles. The summed E-state index contributed by atoms with van der Waals surface area (Å²) in [7, 11) is 0. The minimum absolute atomic E-state index is 0.391. The van der Waals surface area contributed by atoms with Crippen molar-refractivity contribution in [3.63, 3.8) is 0 Å². The van der Waals surface area contributed by atoms with Crippen LogP contribution in [0.25, 0.3) is 0 Å². The average molecular weight is 224 g/mol. The second kappa shape index (κ2) is 5.96. The number of nitrogens with one attached hydrogen (secondary N) is 1. The quantitative estimate of drug-likeness (QED) is 0.746. The molecule has 1 fully saturated rings. The molecule has 1 aromatic heterocycles. The van der Waals surface area contributed by atoms with Crippen LogP contribution in [0.4, 0.5) is 0 Å². The molecule has 1 aliphatic rings. The molecule has 1 saturated carbocycles. The van der Waals surface area contributed by atoms with Crippen LogP contribution in [0.2, 0.25) is 0 Å². The number of hydrogen-bond acceptors (Lipinski definition) is 4. The van der Waals surface area contributed by atoms with Crippen LogP contribution >= 0.6 is 0 Å². The van der Waals surface area contributed by atoms with Crippen LogP contribution in [0.1, 0.15) is 44.9 Å². The second-order valence-corrected chi connectivity index (χ2v) is 4.24. The van der Waals surface area contributed by atoms with Crippen LogP contribution in [0.5, 0.6) is 0 Å². The molecule has 1 N–H and O–H groups in total. The molecule has 0 spiro atoms. The topological polar surface area (TPSA) is 52.0 Å². The lowest BCUT2D eigenvalue weighted by Crippen LogP contribution is -2.23. The van der Waals surface area contributed by atoms with Crippen molar-refractivity contribution in [2.24, 2.45) is 0 Å². The Morgan fingerprint density at radius 2 is 2.31 bits per heavy atom. The fourth-order valence-corrected chi connectivity index (χ4v) is 2.05. The Labute approximate surface area is 96.2 Å². The summed E-state index contributed by atoms with van der Waals surface area (Å²) in [5, 5.41) is 4.17. The maximum Gasteiger partial charge on any atom is 0.143 e. The first-order valence-corrected chi connectivity index (χ1v) is 6.15. The summed E-state index contributed by atoms with van der Waals surface area (Å²) in [4.78, 5) is 9.79. The first kappa shape index (κ1) is 11.5. The molecule has 5 heteroatoms. The van der Waals surface area contributed by atoms with Crippen LogP contribution in [0, 0.1) is 0 Å².